The van der Waals surface area contributed by atoms with E-state index in [4.69, 9.17) is 0 Å². The fraction of sp³-hybridized carbons (Fsp3) is 0.368. The number of nitrogens with zero attached hydrogens (tertiary/aromatic N) is 4. The van der Waals surface area contributed by atoms with Crippen LogP contribution in [0.2, 0.25) is 0 Å². The highest BCUT2D eigenvalue weighted by atomic mass is 16.2. The van der Waals surface area contributed by atoms with E-state index in [1.54, 1.807) is 11.6 Å². The molecule has 1 atom stereocenters. The molecular weight excluding hydrogens is 360 g/mol. The van der Waals surface area contributed by atoms with Crippen molar-refractivity contribution in [2.24, 2.45) is 14.1 Å². The summed E-state index contributed by atoms with van der Waals surface area (Å²) in [5, 5.41) is 6.23. The lowest BCUT2D eigenvalue weighted by Gasteiger charge is -2.27. The van der Waals surface area contributed by atoms with E-state index in [2.05, 4.69) is 27.8 Å². The molecule has 3 aromatic rings. The SMILES string of the molecule is Cn1cnc2c1c(=O)n(CC(=O)NCC1NCCc3ccccc31)c(=O)n2C. The van der Waals surface area contributed by atoms with Gasteiger partial charge in [0.2, 0.25) is 5.91 Å². The molecule has 1 amide bonds. The number of imidazole rings is 1. The van der Waals surface area contributed by atoms with Gasteiger partial charge in [-0.2, -0.15) is 0 Å². The summed E-state index contributed by atoms with van der Waals surface area (Å²) >= 11 is 0. The quantitative estimate of drug-likeness (QED) is 0.630. The molecule has 0 aliphatic carbocycles. The molecule has 9 heteroatoms. The zero-order chi connectivity index (χ0) is 19.8. The van der Waals surface area contributed by atoms with Crippen LogP contribution < -0.4 is 21.9 Å². The summed E-state index contributed by atoms with van der Waals surface area (Å²) in [4.78, 5) is 41.7. The lowest BCUT2D eigenvalue weighted by Crippen LogP contribution is -2.45. The summed E-state index contributed by atoms with van der Waals surface area (Å²) in [5.41, 5.74) is 1.95. The lowest BCUT2D eigenvalue weighted by atomic mass is 9.94. The molecule has 0 bridgehead atoms. The normalized spacial score (nSPS) is 16.1. The molecular formula is C19H22N6O3. The van der Waals surface area contributed by atoms with Gasteiger partial charge in [0, 0.05) is 26.7 Å². The van der Waals surface area contributed by atoms with Crippen LogP contribution in [0.1, 0.15) is 17.2 Å². The van der Waals surface area contributed by atoms with Gasteiger partial charge in [-0.3, -0.25) is 14.2 Å². The number of aryl methyl sites for hydroxylation is 2. The number of hydrogen-bond acceptors (Lipinski definition) is 5. The van der Waals surface area contributed by atoms with E-state index < -0.39 is 11.2 Å². The second-order valence-corrected chi connectivity index (χ2v) is 7.02. The Hall–Kier alpha value is -3.20. The maximum Gasteiger partial charge on any atom is 0.332 e. The van der Waals surface area contributed by atoms with Crippen LogP contribution in [0.4, 0.5) is 0 Å². The first-order valence-electron chi connectivity index (χ1n) is 9.16. The molecule has 0 saturated heterocycles. The third-order valence-corrected chi connectivity index (χ3v) is 5.22. The Balaban J connectivity index is 1.53. The van der Waals surface area contributed by atoms with Crippen molar-refractivity contribution in [2.75, 3.05) is 13.1 Å². The monoisotopic (exact) mass is 382 g/mol. The Morgan fingerprint density at radius 2 is 2.07 bits per heavy atom. The summed E-state index contributed by atoms with van der Waals surface area (Å²) in [7, 11) is 3.21. The second kappa shape index (κ2) is 7.08. The van der Waals surface area contributed by atoms with Gasteiger partial charge in [-0.15, -0.1) is 0 Å². The smallest absolute Gasteiger partial charge is 0.332 e. The minimum atomic E-state index is -0.563. The molecule has 2 N–H and O–H groups in total. The molecule has 1 aromatic carbocycles. The first-order valence-corrected chi connectivity index (χ1v) is 9.16. The molecule has 0 radical (unpaired) electrons. The fourth-order valence-electron chi connectivity index (χ4n) is 3.73. The van der Waals surface area contributed by atoms with Gasteiger partial charge in [-0.05, 0) is 24.1 Å². The van der Waals surface area contributed by atoms with Gasteiger partial charge in [-0.1, -0.05) is 24.3 Å². The van der Waals surface area contributed by atoms with E-state index in [9.17, 15) is 14.4 Å². The first-order chi connectivity index (χ1) is 13.5. The number of benzene rings is 1. The topological polar surface area (TPSA) is 103 Å². The fourth-order valence-corrected chi connectivity index (χ4v) is 3.73. The second-order valence-electron chi connectivity index (χ2n) is 7.02. The van der Waals surface area contributed by atoms with Gasteiger partial charge < -0.3 is 15.2 Å². The molecule has 1 unspecified atom stereocenters. The number of amides is 1. The number of carbonyl (C=O) groups excluding carboxylic acids is 1. The predicted molar refractivity (Wildman–Crippen MR) is 104 cm³/mol. The van der Waals surface area contributed by atoms with Crippen molar-refractivity contribution in [3.63, 3.8) is 0 Å². The Morgan fingerprint density at radius 3 is 2.89 bits per heavy atom. The Morgan fingerprint density at radius 1 is 1.29 bits per heavy atom. The number of aromatic nitrogens is 4. The Labute approximate surface area is 160 Å². The van der Waals surface area contributed by atoms with Crippen LogP contribution in [-0.2, 0) is 31.9 Å². The Bertz CT molecular complexity index is 1170. The molecule has 146 valence electrons. The van der Waals surface area contributed by atoms with Crippen molar-refractivity contribution < 1.29 is 4.79 Å². The molecule has 1 aliphatic heterocycles. The van der Waals surface area contributed by atoms with Gasteiger partial charge in [-0.25, -0.2) is 14.3 Å². The van der Waals surface area contributed by atoms with Gasteiger partial charge in [0.05, 0.1) is 6.33 Å². The number of carbonyl (C=O) groups is 1. The standard InChI is InChI=1S/C19H22N6O3/c1-23-11-22-17-16(23)18(27)25(19(28)24(17)2)10-15(26)21-9-14-13-6-4-3-5-12(13)7-8-20-14/h3-6,11,14,20H,7-10H2,1-2H3,(H,21,26). The van der Waals surface area contributed by atoms with Gasteiger partial charge in [0.1, 0.15) is 6.54 Å². The van der Waals surface area contributed by atoms with Crippen LogP contribution in [0.15, 0.2) is 40.2 Å². The average Bonchev–Trinajstić information content (AvgIpc) is 3.09. The summed E-state index contributed by atoms with van der Waals surface area (Å²) in [6, 6.07) is 8.14. The maximum absolute atomic E-state index is 12.7. The van der Waals surface area contributed by atoms with Crippen molar-refractivity contribution >= 4 is 17.1 Å². The molecule has 9 nitrogen and oxygen atoms in total. The van der Waals surface area contributed by atoms with E-state index in [0.717, 1.165) is 17.5 Å². The van der Waals surface area contributed by atoms with Crippen LogP contribution in [0, 0.1) is 0 Å². The summed E-state index contributed by atoms with van der Waals surface area (Å²) < 4.78 is 3.78. The number of fused-ring (bicyclic) bond motifs is 2. The van der Waals surface area contributed by atoms with Crippen LogP contribution >= 0.6 is 0 Å². The zero-order valence-corrected chi connectivity index (χ0v) is 15.8. The number of hydrogen-bond donors (Lipinski definition) is 2. The van der Waals surface area contributed by atoms with Gasteiger partial charge in [0.15, 0.2) is 11.2 Å². The summed E-state index contributed by atoms with van der Waals surface area (Å²) in [6.45, 7) is 0.897. The lowest BCUT2D eigenvalue weighted by molar-refractivity contribution is -0.121. The number of rotatable bonds is 4. The highest BCUT2D eigenvalue weighted by Crippen LogP contribution is 2.21. The number of nitrogens with one attached hydrogen (secondary N) is 2. The van der Waals surface area contributed by atoms with E-state index in [0.29, 0.717) is 12.2 Å². The van der Waals surface area contributed by atoms with Crippen molar-refractivity contribution in [3.05, 3.63) is 62.6 Å². The minimum Gasteiger partial charge on any atom is -0.353 e. The third-order valence-electron chi connectivity index (χ3n) is 5.22. The van der Waals surface area contributed by atoms with Crippen LogP contribution in [0.3, 0.4) is 0 Å². The molecule has 0 saturated carbocycles. The molecule has 3 heterocycles. The highest BCUT2D eigenvalue weighted by molar-refractivity contribution is 5.76. The highest BCUT2D eigenvalue weighted by Gasteiger charge is 2.21. The molecule has 1 aliphatic rings. The minimum absolute atomic E-state index is 0.00742. The van der Waals surface area contributed by atoms with E-state index in [1.807, 2.05) is 12.1 Å². The molecule has 4 rings (SSSR count). The van der Waals surface area contributed by atoms with E-state index in [-0.39, 0.29) is 24.0 Å². The van der Waals surface area contributed by atoms with Gasteiger partial charge >= 0.3 is 5.69 Å². The summed E-state index contributed by atoms with van der Waals surface area (Å²) in [5.74, 6) is -0.384. The van der Waals surface area contributed by atoms with Gasteiger partial charge in [0.25, 0.3) is 5.56 Å². The molecule has 0 spiro atoms. The van der Waals surface area contributed by atoms with Crippen molar-refractivity contribution in [1.82, 2.24) is 29.3 Å². The Kier molecular flexibility index (Phi) is 4.60. The van der Waals surface area contributed by atoms with Crippen LogP contribution in [0.5, 0.6) is 0 Å². The van der Waals surface area contributed by atoms with E-state index in [1.165, 1.54) is 29.1 Å². The molecule has 28 heavy (non-hydrogen) atoms. The zero-order valence-electron chi connectivity index (χ0n) is 15.8. The van der Waals surface area contributed by atoms with Crippen LogP contribution in [0.25, 0.3) is 11.2 Å². The van der Waals surface area contributed by atoms with Crippen LogP contribution in [-0.4, -0.2) is 37.7 Å². The van der Waals surface area contributed by atoms with E-state index >= 15 is 0 Å². The maximum atomic E-state index is 12.7. The average molecular weight is 382 g/mol. The first kappa shape index (κ1) is 18.2. The summed E-state index contributed by atoms with van der Waals surface area (Å²) in [6.07, 6.45) is 2.43. The largest absolute Gasteiger partial charge is 0.353 e. The third kappa shape index (κ3) is 3.03. The van der Waals surface area contributed by atoms with Crippen molar-refractivity contribution in [2.45, 2.75) is 19.0 Å². The van der Waals surface area contributed by atoms with Crippen molar-refractivity contribution in [3.8, 4) is 0 Å². The molecule has 0 fully saturated rings. The molecule has 2 aromatic heterocycles. The predicted octanol–water partition coefficient (Wildman–Crippen LogP) is -0.563. The van der Waals surface area contributed by atoms with Crippen molar-refractivity contribution in [1.29, 1.82) is 0 Å².